The monoisotopic (exact) mass is 457 g/mol. The number of rotatable bonds is 11. The number of hydrogen-bond acceptors (Lipinski definition) is 7. The van der Waals surface area contributed by atoms with Crippen LogP contribution in [0.25, 0.3) is 11.0 Å². The number of carbonyl (C=O) groups is 1. The van der Waals surface area contributed by atoms with Crippen molar-refractivity contribution in [1.29, 1.82) is 0 Å². The molecule has 4 rings (SSSR count). The lowest BCUT2D eigenvalue weighted by atomic mass is 10.00. The summed E-state index contributed by atoms with van der Waals surface area (Å²) in [5.74, 6) is 1.82. The lowest BCUT2D eigenvalue weighted by molar-refractivity contribution is -0.117. The van der Waals surface area contributed by atoms with Crippen LogP contribution in [-0.4, -0.2) is 50.6 Å². The summed E-state index contributed by atoms with van der Waals surface area (Å²) in [6, 6.07) is 3.84. The Balaban J connectivity index is 1.65. The molecule has 0 saturated carbocycles. The molecule has 1 saturated heterocycles. The van der Waals surface area contributed by atoms with Crippen LogP contribution in [-0.2, 0) is 17.6 Å². The Morgan fingerprint density at radius 2 is 1.94 bits per heavy atom. The summed E-state index contributed by atoms with van der Waals surface area (Å²) >= 11 is 1.60. The zero-order chi connectivity index (χ0) is 22.3. The van der Waals surface area contributed by atoms with E-state index in [0.29, 0.717) is 42.5 Å². The smallest absolute Gasteiger partial charge is 0.205 e. The minimum atomic E-state index is 0.107. The van der Waals surface area contributed by atoms with E-state index in [1.165, 1.54) is 19.3 Å². The van der Waals surface area contributed by atoms with Gasteiger partial charge >= 0.3 is 0 Å². The largest absolute Gasteiger partial charge is 0.493 e. The molecule has 1 aromatic carbocycles. The second kappa shape index (κ2) is 10.9. The normalized spacial score (nSPS) is 14.6. The van der Waals surface area contributed by atoms with Gasteiger partial charge in [-0.05, 0) is 61.3 Å². The number of piperidine rings is 1. The molecule has 172 valence electrons. The standard InChI is InChI=1S/C25H31NO5S/c1-3-29-22-20-7-12-30-23(20)25(28-2)24(31-13-11-26-9-5-4-6-10-26)21(22)16-19(27)15-18-8-14-32-17-18/h7-8,12,14,17H,3-6,9-11,13,15-16H2,1-2H3. The van der Waals surface area contributed by atoms with Crippen LogP contribution in [0.15, 0.2) is 33.6 Å². The highest BCUT2D eigenvalue weighted by Crippen LogP contribution is 2.47. The Kier molecular flexibility index (Phi) is 7.71. The van der Waals surface area contributed by atoms with Crippen LogP contribution in [0.1, 0.15) is 37.3 Å². The summed E-state index contributed by atoms with van der Waals surface area (Å²) in [6.45, 7) is 5.97. The van der Waals surface area contributed by atoms with Crippen molar-refractivity contribution in [3.05, 3.63) is 40.3 Å². The van der Waals surface area contributed by atoms with E-state index in [0.717, 1.165) is 36.1 Å². The Hall–Kier alpha value is -2.51. The minimum absolute atomic E-state index is 0.107. The predicted octanol–water partition coefficient (Wildman–Crippen LogP) is 5.12. The summed E-state index contributed by atoms with van der Waals surface area (Å²) in [5, 5.41) is 4.80. The van der Waals surface area contributed by atoms with Crippen molar-refractivity contribution in [2.75, 3.05) is 40.0 Å². The Labute approximate surface area is 193 Å². The number of benzene rings is 1. The Bertz CT molecular complexity index is 1020. The van der Waals surface area contributed by atoms with Crippen molar-refractivity contribution in [3.8, 4) is 17.2 Å². The van der Waals surface area contributed by atoms with Crippen LogP contribution in [0.2, 0.25) is 0 Å². The maximum Gasteiger partial charge on any atom is 0.205 e. The van der Waals surface area contributed by atoms with Crippen molar-refractivity contribution in [2.45, 2.75) is 39.0 Å². The van der Waals surface area contributed by atoms with Gasteiger partial charge < -0.3 is 18.6 Å². The predicted molar refractivity (Wildman–Crippen MR) is 126 cm³/mol. The van der Waals surface area contributed by atoms with E-state index in [1.54, 1.807) is 24.7 Å². The molecule has 0 bridgehead atoms. The highest BCUT2D eigenvalue weighted by molar-refractivity contribution is 7.08. The van der Waals surface area contributed by atoms with Crippen LogP contribution in [0.4, 0.5) is 0 Å². The van der Waals surface area contributed by atoms with E-state index in [2.05, 4.69) is 4.90 Å². The van der Waals surface area contributed by atoms with Crippen LogP contribution >= 0.6 is 11.3 Å². The lowest BCUT2D eigenvalue weighted by Gasteiger charge is -2.26. The topological polar surface area (TPSA) is 61.1 Å². The minimum Gasteiger partial charge on any atom is -0.493 e. The van der Waals surface area contributed by atoms with E-state index in [1.807, 2.05) is 29.8 Å². The summed E-state index contributed by atoms with van der Waals surface area (Å²) in [6.07, 6.45) is 5.98. The summed E-state index contributed by atoms with van der Waals surface area (Å²) in [7, 11) is 1.60. The molecule has 1 aliphatic heterocycles. The maximum atomic E-state index is 13.0. The quantitative estimate of drug-likeness (QED) is 0.398. The molecule has 0 unspecified atom stereocenters. The van der Waals surface area contributed by atoms with Gasteiger partial charge in [0.05, 0.1) is 25.4 Å². The molecule has 0 spiro atoms. The first-order valence-corrected chi connectivity index (χ1v) is 12.3. The summed E-state index contributed by atoms with van der Waals surface area (Å²) < 4.78 is 23.8. The van der Waals surface area contributed by atoms with Gasteiger partial charge in [0.15, 0.2) is 11.3 Å². The van der Waals surface area contributed by atoms with Crippen molar-refractivity contribution < 1.29 is 23.4 Å². The van der Waals surface area contributed by atoms with E-state index in [4.69, 9.17) is 18.6 Å². The van der Waals surface area contributed by atoms with Crippen molar-refractivity contribution >= 4 is 28.1 Å². The van der Waals surface area contributed by atoms with Gasteiger partial charge in [-0.15, -0.1) is 0 Å². The van der Waals surface area contributed by atoms with Crippen molar-refractivity contribution in [1.82, 2.24) is 4.90 Å². The maximum absolute atomic E-state index is 13.0. The SMILES string of the molecule is CCOc1c(CC(=O)Cc2ccsc2)c(OCCN2CCCCC2)c(OC)c2occc12. The molecule has 0 N–H and O–H groups in total. The van der Waals surface area contributed by atoms with Gasteiger partial charge in [0.25, 0.3) is 0 Å². The molecule has 7 heteroatoms. The number of hydrogen-bond donors (Lipinski definition) is 0. The molecule has 2 aromatic heterocycles. The number of ether oxygens (including phenoxy) is 3. The molecule has 0 aliphatic carbocycles. The zero-order valence-electron chi connectivity index (χ0n) is 18.9. The highest BCUT2D eigenvalue weighted by atomic mass is 32.1. The second-order valence-corrected chi connectivity index (χ2v) is 8.82. The van der Waals surface area contributed by atoms with E-state index in [-0.39, 0.29) is 12.2 Å². The molecule has 3 aromatic rings. The van der Waals surface area contributed by atoms with E-state index < -0.39 is 0 Å². The first-order chi connectivity index (χ1) is 15.7. The summed E-state index contributed by atoms with van der Waals surface area (Å²) in [5.41, 5.74) is 2.34. The number of Topliss-reactive ketones (excluding diaryl/α,β-unsaturated/α-hetero) is 1. The average molecular weight is 458 g/mol. The van der Waals surface area contributed by atoms with Gasteiger partial charge in [0, 0.05) is 24.9 Å². The zero-order valence-corrected chi connectivity index (χ0v) is 19.7. The third-order valence-corrected chi connectivity index (χ3v) is 6.55. The molecule has 0 atom stereocenters. The first-order valence-electron chi connectivity index (χ1n) is 11.3. The Morgan fingerprint density at radius 1 is 1.09 bits per heavy atom. The van der Waals surface area contributed by atoms with Gasteiger partial charge in [0.1, 0.15) is 18.1 Å². The molecule has 6 nitrogen and oxygen atoms in total. The number of carbonyl (C=O) groups excluding carboxylic acids is 1. The third kappa shape index (κ3) is 5.10. The van der Waals surface area contributed by atoms with Gasteiger partial charge in [-0.1, -0.05) is 6.42 Å². The fraction of sp³-hybridized carbons (Fsp3) is 0.480. The third-order valence-electron chi connectivity index (χ3n) is 5.82. The second-order valence-electron chi connectivity index (χ2n) is 8.04. The molecule has 1 aliphatic rings. The van der Waals surface area contributed by atoms with Crippen LogP contribution < -0.4 is 14.2 Å². The average Bonchev–Trinajstić information content (AvgIpc) is 3.49. The van der Waals surface area contributed by atoms with Gasteiger partial charge in [0.2, 0.25) is 5.75 Å². The molecule has 0 radical (unpaired) electrons. The van der Waals surface area contributed by atoms with Gasteiger partial charge in [-0.2, -0.15) is 11.3 Å². The lowest BCUT2D eigenvalue weighted by Crippen LogP contribution is -2.33. The number of fused-ring (bicyclic) bond motifs is 1. The van der Waals surface area contributed by atoms with Crippen molar-refractivity contribution in [3.63, 3.8) is 0 Å². The molecule has 0 amide bonds. The number of ketones is 1. The molecular formula is C25H31NO5S. The molecular weight excluding hydrogens is 426 g/mol. The van der Waals surface area contributed by atoms with Crippen molar-refractivity contribution in [2.24, 2.45) is 0 Å². The number of likely N-dealkylation sites (tertiary alicyclic amines) is 1. The van der Waals surface area contributed by atoms with Crippen LogP contribution in [0, 0.1) is 0 Å². The van der Waals surface area contributed by atoms with Crippen LogP contribution in [0.5, 0.6) is 17.2 Å². The van der Waals surface area contributed by atoms with Gasteiger partial charge in [-0.25, -0.2) is 0 Å². The van der Waals surface area contributed by atoms with Crippen LogP contribution in [0.3, 0.4) is 0 Å². The number of furan rings is 1. The molecule has 3 heterocycles. The summed E-state index contributed by atoms with van der Waals surface area (Å²) in [4.78, 5) is 15.4. The highest BCUT2D eigenvalue weighted by Gasteiger charge is 2.26. The number of thiophene rings is 1. The number of nitrogens with zero attached hydrogens (tertiary/aromatic N) is 1. The first kappa shape index (κ1) is 22.7. The van der Waals surface area contributed by atoms with E-state index in [9.17, 15) is 4.79 Å². The molecule has 1 fully saturated rings. The van der Waals surface area contributed by atoms with Gasteiger partial charge in [-0.3, -0.25) is 9.69 Å². The number of methoxy groups -OCH3 is 1. The Morgan fingerprint density at radius 3 is 2.66 bits per heavy atom. The van der Waals surface area contributed by atoms with E-state index >= 15 is 0 Å². The fourth-order valence-corrected chi connectivity index (χ4v) is 4.99. The molecule has 32 heavy (non-hydrogen) atoms. The fourth-order valence-electron chi connectivity index (χ4n) is 4.32.